The SMILES string of the molecule is CCOC(=O)C(CC)(NC(C)CC)c1cccc(Cl)c1. The highest BCUT2D eigenvalue weighted by Gasteiger charge is 2.40. The van der Waals surface area contributed by atoms with Crippen LogP contribution < -0.4 is 5.32 Å². The third-order valence-electron chi connectivity index (χ3n) is 3.58. The Morgan fingerprint density at radius 1 is 1.40 bits per heavy atom. The lowest BCUT2D eigenvalue weighted by molar-refractivity contribution is -0.152. The lowest BCUT2D eigenvalue weighted by Crippen LogP contribution is -2.53. The number of hydrogen-bond acceptors (Lipinski definition) is 3. The highest BCUT2D eigenvalue weighted by atomic mass is 35.5. The summed E-state index contributed by atoms with van der Waals surface area (Å²) >= 11 is 6.08. The zero-order valence-electron chi connectivity index (χ0n) is 12.7. The second-order valence-electron chi connectivity index (χ2n) is 4.94. The van der Waals surface area contributed by atoms with Gasteiger partial charge in [0.15, 0.2) is 0 Å². The Labute approximate surface area is 126 Å². The van der Waals surface area contributed by atoms with E-state index >= 15 is 0 Å². The summed E-state index contributed by atoms with van der Waals surface area (Å²) in [6, 6.07) is 7.62. The molecule has 0 saturated carbocycles. The van der Waals surface area contributed by atoms with Crippen LogP contribution in [-0.2, 0) is 15.1 Å². The predicted octanol–water partition coefficient (Wildman–Crippen LogP) is 3.90. The number of hydrogen-bond donors (Lipinski definition) is 1. The maximum absolute atomic E-state index is 12.5. The molecule has 1 N–H and O–H groups in total. The lowest BCUT2D eigenvalue weighted by Gasteiger charge is -2.34. The summed E-state index contributed by atoms with van der Waals surface area (Å²) in [5.74, 6) is -0.245. The fourth-order valence-corrected chi connectivity index (χ4v) is 2.43. The second-order valence-corrected chi connectivity index (χ2v) is 5.38. The Balaban J connectivity index is 3.26. The van der Waals surface area contributed by atoms with Crippen molar-refractivity contribution < 1.29 is 9.53 Å². The van der Waals surface area contributed by atoms with Gasteiger partial charge < -0.3 is 4.74 Å². The Kier molecular flexibility index (Phi) is 6.50. The standard InChI is InChI=1S/C16H24ClNO2/c1-5-12(4)18-16(6-2,15(19)20-7-3)13-9-8-10-14(17)11-13/h8-12,18H,5-7H2,1-4H3. The third-order valence-corrected chi connectivity index (χ3v) is 3.81. The molecule has 0 aliphatic heterocycles. The van der Waals surface area contributed by atoms with Crippen LogP contribution in [0.3, 0.4) is 0 Å². The van der Waals surface area contributed by atoms with E-state index in [9.17, 15) is 4.79 Å². The van der Waals surface area contributed by atoms with E-state index < -0.39 is 5.54 Å². The van der Waals surface area contributed by atoms with Crippen LogP contribution in [0.5, 0.6) is 0 Å². The molecule has 0 aliphatic carbocycles. The van der Waals surface area contributed by atoms with E-state index in [0.29, 0.717) is 18.1 Å². The molecule has 2 unspecified atom stereocenters. The summed E-state index contributed by atoms with van der Waals surface area (Å²) in [5, 5.41) is 4.05. The monoisotopic (exact) mass is 297 g/mol. The molecule has 1 rings (SSSR count). The summed E-state index contributed by atoms with van der Waals surface area (Å²) in [7, 11) is 0. The first kappa shape index (κ1) is 17.0. The number of benzene rings is 1. The average molecular weight is 298 g/mol. The van der Waals surface area contributed by atoms with Crippen molar-refractivity contribution in [3.63, 3.8) is 0 Å². The fraction of sp³-hybridized carbons (Fsp3) is 0.562. The molecule has 112 valence electrons. The van der Waals surface area contributed by atoms with Crippen molar-refractivity contribution in [2.24, 2.45) is 0 Å². The molecule has 0 fully saturated rings. The van der Waals surface area contributed by atoms with E-state index in [1.54, 1.807) is 6.07 Å². The van der Waals surface area contributed by atoms with E-state index in [1.165, 1.54) is 0 Å². The number of carbonyl (C=O) groups is 1. The quantitative estimate of drug-likeness (QED) is 0.776. The van der Waals surface area contributed by atoms with Crippen LogP contribution in [-0.4, -0.2) is 18.6 Å². The molecule has 0 heterocycles. The third kappa shape index (κ3) is 3.74. The van der Waals surface area contributed by atoms with Crippen LogP contribution in [0.2, 0.25) is 5.02 Å². The van der Waals surface area contributed by atoms with Crippen LogP contribution in [0.15, 0.2) is 24.3 Å². The van der Waals surface area contributed by atoms with Crippen LogP contribution in [0.4, 0.5) is 0 Å². The van der Waals surface area contributed by atoms with Gasteiger partial charge in [-0.3, -0.25) is 5.32 Å². The van der Waals surface area contributed by atoms with Crippen LogP contribution in [0.1, 0.15) is 46.1 Å². The fourth-order valence-electron chi connectivity index (χ4n) is 2.24. The lowest BCUT2D eigenvalue weighted by atomic mass is 9.86. The molecule has 0 aromatic heterocycles. The van der Waals surface area contributed by atoms with Gasteiger partial charge in [0.25, 0.3) is 0 Å². The molecule has 4 heteroatoms. The minimum absolute atomic E-state index is 0.207. The van der Waals surface area contributed by atoms with Crippen LogP contribution in [0, 0.1) is 0 Å². The molecule has 0 spiro atoms. The molecule has 0 aliphatic rings. The van der Waals surface area contributed by atoms with E-state index in [4.69, 9.17) is 16.3 Å². The van der Waals surface area contributed by atoms with Gasteiger partial charge in [-0.15, -0.1) is 0 Å². The maximum Gasteiger partial charge on any atom is 0.330 e. The molecule has 3 nitrogen and oxygen atoms in total. The van der Waals surface area contributed by atoms with E-state index in [1.807, 2.05) is 32.0 Å². The number of rotatable bonds is 7. The number of nitrogens with one attached hydrogen (secondary N) is 1. The van der Waals surface area contributed by atoms with Gasteiger partial charge in [-0.05, 0) is 44.4 Å². The molecule has 0 saturated heterocycles. The zero-order chi connectivity index (χ0) is 15.2. The number of ether oxygens (including phenoxy) is 1. The molecule has 1 aromatic carbocycles. The molecular weight excluding hydrogens is 274 g/mol. The van der Waals surface area contributed by atoms with Gasteiger partial charge >= 0.3 is 5.97 Å². The van der Waals surface area contributed by atoms with Crippen molar-refractivity contribution in [1.29, 1.82) is 0 Å². The summed E-state index contributed by atoms with van der Waals surface area (Å²) in [4.78, 5) is 12.5. The normalized spacial score (nSPS) is 15.4. The first-order valence-electron chi connectivity index (χ1n) is 7.21. The topological polar surface area (TPSA) is 38.3 Å². The number of esters is 1. The van der Waals surface area contributed by atoms with Gasteiger partial charge in [0.1, 0.15) is 5.54 Å². The van der Waals surface area contributed by atoms with Gasteiger partial charge in [-0.2, -0.15) is 0 Å². The first-order valence-corrected chi connectivity index (χ1v) is 7.58. The van der Waals surface area contributed by atoms with Crippen molar-refractivity contribution in [1.82, 2.24) is 5.32 Å². The minimum Gasteiger partial charge on any atom is -0.464 e. The summed E-state index contributed by atoms with van der Waals surface area (Å²) in [6.07, 6.45) is 1.54. The Hall–Kier alpha value is -1.06. The summed E-state index contributed by atoms with van der Waals surface area (Å²) in [6.45, 7) is 8.31. The van der Waals surface area contributed by atoms with Crippen LogP contribution in [0.25, 0.3) is 0 Å². The van der Waals surface area contributed by atoms with Crippen molar-refractivity contribution in [3.05, 3.63) is 34.9 Å². The van der Waals surface area contributed by atoms with Crippen molar-refractivity contribution >= 4 is 17.6 Å². The van der Waals surface area contributed by atoms with Gasteiger partial charge in [-0.1, -0.05) is 37.6 Å². The Morgan fingerprint density at radius 2 is 2.10 bits per heavy atom. The van der Waals surface area contributed by atoms with E-state index in [0.717, 1.165) is 12.0 Å². The molecular formula is C16H24ClNO2. The number of halogens is 1. The van der Waals surface area contributed by atoms with Gasteiger partial charge in [-0.25, -0.2) is 4.79 Å². The minimum atomic E-state index is -0.837. The highest BCUT2D eigenvalue weighted by molar-refractivity contribution is 6.30. The van der Waals surface area contributed by atoms with Crippen LogP contribution >= 0.6 is 11.6 Å². The molecule has 20 heavy (non-hydrogen) atoms. The summed E-state index contributed by atoms with van der Waals surface area (Å²) in [5.41, 5.74) is 0.0160. The molecule has 1 aromatic rings. The molecule has 0 bridgehead atoms. The number of carbonyl (C=O) groups excluding carboxylic acids is 1. The average Bonchev–Trinajstić information content (AvgIpc) is 2.44. The highest BCUT2D eigenvalue weighted by Crippen LogP contribution is 2.29. The maximum atomic E-state index is 12.5. The van der Waals surface area contributed by atoms with Gasteiger partial charge in [0, 0.05) is 11.1 Å². The molecule has 2 atom stereocenters. The van der Waals surface area contributed by atoms with Crippen molar-refractivity contribution in [2.75, 3.05) is 6.61 Å². The first-order chi connectivity index (χ1) is 9.50. The summed E-state index contributed by atoms with van der Waals surface area (Å²) < 4.78 is 5.29. The van der Waals surface area contributed by atoms with Gasteiger partial charge in [0.2, 0.25) is 0 Å². The van der Waals surface area contributed by atoms with E-state index in [-0.39, 0.29) is 12.0 Å². The smallest absolute Gasteiger partial charge is 0.330 e. The molecule has 0 amide bonds. The Morgan fingerprint density at radius 3 is 2.60 bits per heavy atom. The van der Waals surface area contributed by atoms with Crippen molar-refractivity contribution in [2.45, 2.75) is 52.1 Å². The van der Waals surface area contributed by atoms with Gasteiger partial charge in [0.05, 0.1) is 6.61 Å². The second kappa shape index (κ2) is 7.65. The zero-order valence-corrected chi connectivity index (χ0v) is 13.5. The Bertz CT molecular complexity index is 450. The largest absolute Gasteiger partial charge is 0.464 e. The predicted molar refractivity (Wildman–Crippen MR) is 82.9 cm³/mol. The van der Waals surface area contributed by atoms with E-state index in [2.05, 4.69) is 19.2 Å². The molecule has 0 radical (unpaired) electrons. The van der Waals surface area contributed by atoms with Crippen molar-refractivity contribution in [3.8, 4) is 0 Å².